The van der Waals surface area contributed by atoms with Gasteiger partial charge in [0.2, 0.25) is 10.0 Å². The number of anilines is 1. The predicted octanol–water partition coefficient (Wildman–Crippen LogP) is 2.19. The second kappa shape index (κ2) is 10.0. The summed E-state index contributed by atoms with van der Waals surface area (Å²) in [7, 11) is -1.86. The van der Waals surface area contributed by atoms with Gasteiger partial charge >= 0.3 is 5.97 Å². The van der Waals surface area contributed by atoms with Crippen molar-refractivity contribution in [3.8, 4) is 0 Å². The van der Waals surface area contributed by atoms with Crippen molar-refractivity contribution in [2.24, 2.45) is 0 Å². The molecule has 1 amide bonds. The summed E-state index contributed by atoms with van der Waals surface area (Å²) in [4.78, 5) is 26.8. The molecular weight excluding hydrogens is 418 g/mol. The number of nitrogens with one attached hydrogen (secondary N) is 1. The zero-order chi connectivity index (χ0) is 22.4. The summed E-state index contributed by atoms with van der Waals surface area (Å²) in [5, 5.41) is 2.78. The number of nitrogens with zero attached hydrogens (tertiary/aromatic N) is 2. The van der Waals surface area contributed by atoms with Crippen LogP contribution in [0.15, 0.2) is 48.5 Å². The van der Waals surface area contributed by atoms with Gasteiger partial charge in [0, 0.05) is 38.3 Å². The van der Waals surface area contributed by atoms with E-state index in [9.17, 15) is 18.0 Å². The van der Waals surface area contributed by atoms with Crippen molar-refractivity contribution in [1.82, 2.24) is 9.21 Å². The highest BCUT2D eigenvalue weighted by molar-refractivity contribution is 7.89. The first kappa shape index (κ1) is 22.9. The van der Waals surface area contributed by atoms with E-state index in [0.717, 1.165) is 5.56 Å². The number of rotatable bonds is 7. The van der Waals surface area contributed by atoms with Crippen molar-refractivity contribution in [2.75, 3.05) is 44.4 Å². The highest BCUT2D eigenvalue weighted by atomic mass is 32.2. The number of piperazine rings is 1. The van der Waals surface area contributed by atoms with Crippen LogP contribution in [-0.4, -0.2) is 68.5 Å². The average molecular weight is 446 g/mol. The van der Waals surface area contributed by atoms with Crippen LogP contribution in [0.3, 0.4) is 0 Å². The van der Waals surface area contributed by atoms with Crippen LogP contribution in [0.5, 0.6) is 0 Å². The lowest BCUT2D eigenvalue weighted by atomic mass is 10.1. The molecule has 31 heavy (non-hydrogen) atoms. The number of ether oxygens (including phenoxy) is 1. The first-order valence-electron chi connectivity index (χ1n) is 10.1. The largest absolute Gasteiger partial charge is 0.465 e. The minimum Gasteiger partial charge on any atom is -0.465 e. The standard InChI is InChI=1S/C22H27N3O5S/c1-3-31(28,29)25-13-11-24(12-14-25)16-17-7-6-8-18(15-17)21(26)23-20-10-5-4-9-19(20)22(27)30-2/h4-10,15H,3,11-14,16H2,1-2H3,(H,23,26). The molecule has 0 spiro atoms. The predicted molar refractivity (Wildman–Crippen MR) is 118 cm³/mol. The van der Waals surface area contributed by atoms with Gasteiger partial charge in [-0.05, 0) is 36.8 Å². The minimum atomic E-state index is -3.16. The highest BCUT2D eigenvalue weighted by Crippen LogP contribution is 2.18. The molecule has 0 aromatic heterocycles. The number of hydrogen-bond acceptors (Lipinski definition) is 6. The Bertz CT molecular complexity index is 1050. The van der Waals surface area contributed by atoms with E-state index in [4.69, 9.17) is 4.74 Å². The third kappa shape index (κ3) is 5.69. The Labute approximate surface area is 182 Å². The molecule has 9 heteroatoms. The number of hydrogen-bond donors (Lipinski definition) is 1. The van der Waals surface area contributed by atoms with E-state index >= 15 is 0 Å². The maximum absolute atomic E-state index is 12.8. The SMILES string of the molecule is CCS(=O)(=O)N1CCN(Cc2cccc(C(=O)Nc3ccccc3C(=O)OC)c2)CC1. The molecule has 1 fully saturated rings. The van der Waals surface area contributed by atoms with Gasteiger partial charge < -0.3 is 10.1 Å². The molecule has 2 aromatic carbocycles. The van der Waals surface area contributed by atoms with Gasteiger partial charge in [-0.2, -0.15) is 4.31 Å². The first-order chi connectivity index (χ1) is 14.8. The second-order valence-electron chi connectivity index (χ2n) is 7.27. The summed E-state index contributed by atoms with van der Waals surface area (Å²) in [5.41, 5.74) is 2.11. The number of benzene rings is 2. The molecule has 0 atom stereocenters. The first-order valence-corrected chi connectivity index (χ1v) is 11.7. The fraction of sp³-hybridized carbons (Fsp3) is 0.364. The Morgan fingerprint density at radius 1 is 1.03 bits per heavy atom. The van der Waals surface area contributed by atoms with Crippen LogP contribution in [0, 0.1) is 0 Å². The molecule has 1 N–H and O–H groups in total. The molecule has 2 aromatic rings. The third-order valence-corrected chi connectivity index (χ3v) is 7.15. The van der Waals surface area contributed by atoms with Gasteiger partial charge in [0.15, 0.2) is 0 Å². The van der Waals surface area contributed by atoms with Crippen LogP contribution >= 0.6 is 0 Å². The molecule has 1 saturated heterocycles. The van der Waals surface area contributed by atoms with Gasteiger partial charge in [-0.3, -0.25) is 9.69 Å². The molecule has 166 valence electrons. The normalized spacial score (nSPS) is 15.4. The van der Waals surface area contributed by atoms with Gasteiger partial charge in [0.1, 0.15) is 0 Å². The lowest BCUT2D eigenvalue weighted by Crippen LogP contribution is -2.48. The molecule has 0 saturated carbocycles. The molecule has 8 nitrogen and oxygen atoms in total. The molecular formula is C22H27N3O5S. The number of para-hydroxylation sites is 1. The molecule has 1 aliphatic rings. The average Bonchev–Trinajstić information content (AvgIpc) is 2.79. The Balaban J connectivity index is 1.65. The summed E-state index contributed by atoms with van der Waals surface area (Å²) < 4.78 is 30.3. The number of esters is 1. The number of carbonyl (C=O) groups excluding carboxylic acids is 2. The molecule has 3 rings (SSSR count). The van der Waals surface area contributed by atoms with Crippen LogP contribution in [0.2, 0.25) is 0 Å². The fourth-order valence-corrected chi connectivity index (χ4v) is 4.58. The Hall–Kier alpha value is -2.75. The monoisotopic (exact) mass is 445 g/mol. The van der Waals surface area contributed by atoms with E-state index < -0.39 is 16.0 Å². The van der Waals surface area contributed by atoms with Crippen molar-refractivity contribution < 1.29 is 22.7 Å². The van der Waals surface area contributed by atoms with Crippen molar-refractivity contribution >= 4 is 27.6 Å². The third-order valence-electron chi connectivity index (χ3n) is 5.27. The zero-order valence-electron chi connectivity index (χ0n) is 17.7. The van der Waals surface area contributed by atoms with E-state index in [-0.39, 0.29) is 17.2 Å². The van der Waals surface area contributed by atoms with Crippen molar-refractivity contribution in [3.05, 3.63) is 65.2 Å². The van der Waals surface area contributed by atoms with Crippen LogP contribution < -0.4 is 5.32 Å². The number of amides is 1. The van der Waals surface area contributed by atoms with Crippen LogP contribution in [0.25, 0.3) is 0 Å². The molecule has 1 heterocycles. The van der Waals surface area contributed by atoms with E-state index in [1.54, 1.807) is 37.3 Å². The van der Waals surface area contributed by atoms with Gasteiger partial charge in [0.25, 0.3) is 5.91 Å². The molecule has 0 bridgehead atoms. The number of methoxy groups -OCH3 is 1. The van der Waals surface area contributed by atoms with Gasteiger partial charge in [-0.25, -0.2) is 13.2 Å². The van der Waals surface area contributed by atoms with Gasteiger partial charge in [-0.1, -0.05) is 24.3 Å². The van der Waals surface area contributed by atoms with Crippen LogP contribution in [-0.2, 0) is 21.3 Å². The summed E-state index contributed by atoms with van der Waals surface area (Å²) in [6.45, 7) is 4.51. The minimum absolute atomic E-state index is 0.114. The van der Waals surface area contributed by atoms with E-state index in [2.05, 4.69) is 10.2 Å². The molecule has 0 radical (unpaired) electrons. The molecule has 0 unspecified atom stereocenters. The lowest BCUT2D eigenvalue weighted by Gasteiger charge is -2.33. The van der Waals surface area contributed by atoms with Gasteiger partial charge in [-0.15, -0.1) is 0 Å². The topological polar surface area (TPSA) is 96.0 Å². The van der Waals surface area contributed by atoms with Crippen molar-refractivity contribution in [3.63, 3.8) is 0 Å². The number of sulfonamides is 1. The van der Waals surface area contributed by atoms with Crippen LogP contribution in [0.4, 0.5) is 5.69 Å². The Morgan fingerprint density at radius 3 is 2.42 bits per heavy atom. The Kier molecular flexibility index (Phi) is 7.42. The zero-order valence-corrected chi connectivity index (χ0v) is 18.5. The van der Waals surface area contributed by atoms with Crippen LogP contribution in [0.1, 0.15) is 33.2 Å². The molecule has 0 aliphatic carbocycles. The summed E-state index contributed by atoms with van der Waals surface area (Å²) in [6.07, 6.45) is 0. The van der Waals surface area contributed by atoms with E-state index in [1.807, 2.05) is 18.2 Å². The van der Waals surface area contributed by atoms with E-state index in [0.29, 0.717) is 44.0 Å². The maximum atomic E-state index is 12.8. The smallest absolute Gasteiger partial charge is 0.339 e. The highest BCUT2D eigenvalue weighted by Gasteiger charge is 2.25. The Morgan fingerprint density at radius 2 is 1.74 bits per heavy atom. The van der Waals surface area contributed by atoms with Crippen molar-refractivity contribution in [1.29, 1.82) is 0 Å². The van der Waals surface area contributed by atoms with Gasteiger partial charge in [0.05, 0.1) is 24.1 Å². The quantitative estimate of drug-likeness (QED) is 0.657. The summed E-state index contributed by atoms with van der Waals surface area (Å²) in [6, 6.07) is 14.0. The fourth-order valence-electron chi connectivity index (χ4n) is 3.49. The number of carbonyl (C=O) groups is 2. The maximum Gasteiger partial charge on any atom is 0.339 e. The lowest BCUT2D eigenvalue weighted by molar-refractivity contribution is 0.0602. The second-order valence-corrected chi connectivity index (χ2v) is 9.53. The summed E-state index contributed by atoms with van der Waals surface area (Å²) in [5.74, 6) is -0.727. The van der Waals surface area contributed by atoms with Crippen molar-refractivity contribution in [2.45, 2.75) is 13.5 Å². The molecule has 1 aliphatic heterocycles. The van der Waals surface area contributed by atoms with E-state index in [1.165, 1.54) is 11.4 Å². The summed E-state index contributed by atoms with van der Waals surface area (Å²) >= 11 is 0.